The van der Waals surface area contributed by atoms with Crippen molar-refractivity contribution in [2.75, 3.05) is 11.4 Å². The Labute approximate surface area is 125 Å². The molecule has 0 saturated heterocycles. The second-order valence-electron chi connectivity index (χ2n) is 5.97. The molecule has 1 unspecified atom stereocenters. The number of amides is 1. The predicted octanol–water partition coefficient (Wildman–Crippen LogP) is 2.62. The van der Waals surface area contributed by atoms with Crippen molar-refractivity contribution in [2.45, 2.75) is 52.6 Å². The second-order valence-corrected chi connectivity index (χ2v) is 5.97. The minimum absolute atomic E-state index is 0.161. The molecule has 114 valence electrons. The second kappa shape index (κ2) is 5.60. The lowest BCUT2D eigenvalue weighted by Crippen LogP contribution is -2.42. The Morgan fingerprint density at radius 2 is 1.90 bits per heavy atom. The molecule has 1 aliphatic heterocycles. The van der Waals surface area contributed by atoms with E-state index < -0.39 is 5.60 Å². The maximum Gasteiger partial charge on any atom is 0.264 e. The van der Waals surface area contributed by atoms with Crippen LogP contribution in [0.4, 0.5) is 5.69 Å². The fourth-order valence-electron chi connectivity index (χ4n) is 3.15. The van der Waals surface area contributed by atoms with Crippen LogP contribution in [-0.2, 0) is 15.2 Å². The van der Waals surface area contributed by atoms with E-state index in [4.69, 9.17) is 0 Å². The number of aryl methyl sites for hydroxylation is 2. The van der Waals surface area contributed by atoms with E-state index in [1.54, 1.807) is 4.90 Å². The van der Waals surface area contributed by atoms with Crippen molar-refractivity contribution in [3.05, 3.63) is 28.8 Å². The first-order valence-corrected chi connectivity index (χ1v) is 7.47. The predicted molar refractivity (Wildman–Crippen MR) is 82.4 cm³/mol. The number of anilines is 1. The van der Waals surface area contributed by atoms with Gasteiger partial charge in [-0.25, -0.2) is 0 Å². The molecule has 1 aromatic rings. The van der Waals surface area contributed by atoms with E-state index in [1.807, 2.05) is 26.0 Å². The van der Waals surface area contributed by atoms with Crippen LogP contribution in [0.15, 0.2) is 12.1 Å². The summed E-state index contributed by atoms with van der Waals surface area (Å²) in [5, 5.41) is 10.9. The van der Waals surface area contributed by atoms with Crippen molar-refractivity contribution in [3.8, 4) is 0 Å². The summed E-state index contributed by atoms with van der Waals surface area (Å²) in [7, 11) is 0. The molecule has 1 N–H and O–H groups in total. The van der Waals surface area contributed by atoms with Crippen molar-refractivity contribution in [1.82, 2.24) is 0 Å². The minimum atomic E-state index is -1.70. The Morgan fingerprint density at radius 3 is 2.48 bits per heavy atom. The number of ketones is 1. The maximum atomic E-state index is 12.8. The first-order valence-electron chi connectivity index (χ1n) is 7.47. The highest BCUT2D eigenvalue weighted by Gasteiger charge is 2.51. The SMILES string of the molecule is CCCCN1C(=O)C(O)(CC(C)=O)c2c(C)ccc(C)c21. The van der Waals surface area contributed by atoms with E-state index in [0.717, 1.165) is 29.7 Å². The Balaban J connectivity index is 2.61. The molecule has 0 aromatic heterocycles. The molecule has 4 heteroatoms. The van der Waals surface area contributed by atoms with Crippen molar-refractivity contribution >= 4 is 17.4 Å². The van der Waals surface area contributed by atoms with E-state index in [9.17, 15) is 14.7 Å². The standard InChI is InChI=1S/C17H23NO3/c1-5-6-9-18-15-12(3)8-7-11(2)14(15)17(21,16(18)20)10-13(4)19/h7-8,21H,5-6,9-10H2,1-4H3. The first-order chi connectivity index (χ1) is 9.82. The van der Waals surface area contributed by atoms with E-state index in [-0.39, 0.29) is 18.1 Å². The number of hydrogen-bond donors (Lipinski definition) is 1. The van der Waals surface area contributed by atoms with Crippen LogP contribution in [-0.4, -0.2) is 23.3 Å². The number of benzene rings is 1. The fourth-order valence-corrected chi connectivity index (χ4v) is 3.15. The van der Waals surface area contributed by atoms with Gasteiger partial charge in [0, 0.05) is 18.5 Å². The average molecular weight is 289 g/mol. The van der Waals surface area contributed by atoms with Gasteiger partial charge in [0.05, 0.1) is 5.69 Å². The first kappa shape index (κ1) is 15.7. The lowest BCUT2D eigenvalue weighted by Gasteiger charge is -2.22. The molecule has 1 aromatic carbocycles. The lowest BCUT2D eigenvalue weighted by atomic mass is 9.86. The molecular formula is C17H23NO3. The third kappa shape index (κ3) is 2.48. The molecule has 1 amide bonds. The van der Waals surface area contributed by atoms with Crippen molar-refractivity contribution in [3.63, 3.8) is 0 Å². The molecule has 0 fully saturated rings. The van der Waals surface area contributed by atoms with Crippen LogP contribution in [0.1, 0.15) is 49.8 Å². The summed E-state index contributed by atoms with van der Waals surface area (Å²) in [5.74, 6) is -0.548. The molecule has 1 atom stereocenters. The van der Waals surface area contributed by atoms with Gasteiger partial charge in [-0.1, -0.05) is 25.5 Å². The molecular weight excluding hydrogens is 266 g/mol. The van der Waals surface area contributed by atoms with Gasteiger partial charge in [-0.15, -0.1) is 0 Å². The molecule has 0 radical (unpaired) electrons. The van der Waals surface area contributed by atoms with Gasteiger partial charge in [0.1, 0.15) is 5.78 Å². The van der Waals surface area contributed by atoms with Crippen LogP contribution < -0.4 is 4.90 Å². The van der Waals surface area contributed by atoms with Crippen LogP contribution in [0.5, 0.6) is 0 Å². The summed E-state index contributed by atoms with van der Waals surface area (Å²) in [5.41, 5.74) is 1.51. The minimum Gasteiger partial charge on any atom is -0.375 e. The highest BCUT2D eigenvalue weighted by molar-refractivity contribution is 6.09. The van der Waals surface area contributed by atoms with Crippen LogP contribution in [0.3, 0.4) is 0 Å². The molecule has 0 aliphatic carbocycles. The zero-order valence-corrected chi connectivity index (χ0v) is 13.2. The third-order valence-electron chi connectivity index (χ3n) is 4.11. The van der Waals surface area contributed by atoms with Crippen LogP contribution in [0.25, 0.3) is 0 Å². The van der Waals surface area contributed by atoms with E-state index in [0.29, 0.717) is 12.1 Å². The summed E-state index contributed by atoms with van der Waals surface area (Å²) in [6, 6.07) is 3.86. The van der Waals surface area contributed by atoms with Gasteiger partial charge in [0.2, 0.25) is 0 Å². The molecule has 0 bridgehead atoms. The van der Waals surface area contributed by atoms with E-state index in [1.165, 1.54) is 6.92 Å². The zero-order chi connectivity index (χ0) is 15.8. The number of carbonyl (C=O) groups excluding carboxylic acids is 2. The molecule has 1 aliphatic rings. The normalized spacial score (nSPS) is 20.8. The van der Waals surface area contributed by atoms with Gasteiger partial charge in [0.15, 0.2) is 5.60 Å². The van der Waals surface area contributed by atoms with E-state index >= 15 is 0 Å². The Hall–Kier alpha value is -1.68. The number of rotatable bonds is 5. The van der Waals surface area contributed by atoms with Gasteiger partial charge in [-0.3, -0.25) is 9.59 Å². The molecule has 21 heavy (non-hydrogen) atoms. The topological polar surface area (TPSA) is 57.6 Å². The maximum absolute atomic E-state index is 12.8. The number of Topliss-reactive ketones (excluding diaryl/α,β-unsaturated/α-hetero) is 1. The van der Waals surface area contributed by atoms with Gasteiger partial charge >= 0.3 is 0 Å². The Bertz CT molecular complexity index is 594. The van der Waals surface area contributed by atoms with Crippen LogP contribution in [0, 0.1) is 13.8 Å². The van der Waals surface area contributed by atoms with Crippen molar-refractivity contribution in [2.24, 2.45) is 0 Å². The number of fused-ring (bicyclic) bond motifs is 1. The molecule has 0 saturated carbocycles. The third-order valence-corrected chi connectivity index (χ3v) is 4.11. The number of aliphatic hydroxyl groups is 1. The fraction of sp³-hybridized carbons (Fsp3) is 0.529. The van der Waals surface area contributed by atoms with Gasteiger partial charge < -0.3 is 10.0 Å². The quantitative estimate of drug-likeness (QED) is 0.906. The van der Waals surface area contributed by atoms with Crippen LogP contribution >= 0.6 is 0 Å². The van der Waals surface area contributed by atoms with Gasteiger partial charge in [0.25, 0.3) is 5.91 Å². The van der Waals surface area contributed by atoms with E-state index in [2.05, 4.69) is 6.92 Å². The summed E-state index contributed by atoms with van der Waals surface area (Å²) < 4.78 is 0. The number of unbranched alkanes of at least 4 members (excludes halogenated alkanes) is 1. The summed E-state index contributed by atoms with van der Waals surface area (Å²) >= 11 is 0. The Kier molecular flexibility index (Phi) is 4.19. The van der Waals surface area contributed by atoms with Gasteiger partial charge in [-0.05, 0) is 38.3 Å². The smallest absolute Gasteiger partial charge is 0.264 e. The molecule has 1 heterocycles. The van der Waals surface area contributed by atoms with Crippen molar-refractivity contribution in [1.29, 1.82) is 0 Å². The summed E-state index contributed by atoms with van der Waals surface area (Å²) in [4.78, 5) is 26.0. The molecule has 4 nitrogen and oxygen atoms in total. The summed E-state index contributed by atoms with van der Waals surface area (Å²) in [6.07, 6.45) is 1.68. The Morgan fingerprint density at radius 1 is 1.29 bits per heavy atom. The largest absolute Gasteiger partial charge is 0.375 e. The van der Waals surface area contributed by atoms with Crippen LogP contribution in [0.2, 0.25) is 0 Å². The average Bonchev–Trinajstić information content (AvgIpc) is 2.62. The number of nitrogens with zero attached hydrogens (tertiary/aromatic N) is 1. The highest BCUT2D eigenvalue weighted by atomic mass is 16.3. The molecule has 0 spiro atoms. The summed E-state index contributed by atoms with van der Waals surface area (Å²) in [6.45, 7) is 7.86. The highest BCUT2D eigenvalue weighted by Crippen LogP contribution is 2.46. The monoisotopic (exact) mass is 289 g/mol. The number of hydrogen-bond acceptors (Lipinski definition) is 3. The number of carbonyl (C=O) groups is 2. The lowest BCUT2D eigenvalue weighted by molar-refractivity contribution is -0.141. The van der Waals surface area contributed by atoms with Gasteiger partial charge in [-0.2, -0.15) is 0 Å². The molecule has 2 rings (SSSR count). The zero-order valence-electron chi connectivity index (χ0n) is 13.2. The van der Waals surface area contributed by atoms with Crippen molar-refractivity contribution < 1.29 is 14.7 Å².